The molecule has 3 nitrogen and oxygen atoms in total. The van der Waals surface area contributed by atoms with E-state index in [2.05, 4.69) is 21.8 Å². The van der Waals surface area contributed by atoms with Crippen molar-refractivity contribution in [2.75, 3.05) is 5.73 Å². The molecule has 0 saturated carbocycles. The third-order valence-corrected chi connectivity index (χ3v) is 2.70. The molecule has 0 radical (unpaired) electrons. The summed E-state index contributed by atoms with van der Waals surface area (Å²) in [6.07, 6.45) is 4.65. The minimum Gasteiger partial charge on any atom is -0.369 e. The minimum atomic E-state index is 0.593. The molecule has 0 atom stereocenters. The zero-order chi connectivity index (χ0) is 9.10. The topological polar surface area (TPSA) is 43.8 Å². The Morgan fingerprint density at radius 2 is 2.46 bits per heavy atom. The van der Waals surface area contributed by atoms with Crippen LogP contribution >= 0.6 is 11.3 Å². The second-order valence-electron chi connectivity index (χ2n) is 2.86. The van der Waals surface area contributed by atoms with Gasteiger partial charge in [-0.25, -0.2) is 4.98 Å². The van der Waals surface area contributed by atoms with Crippen LogP contribution in [0.1, 0.15) is 5.56 Å². The maximum absolute atomic E-state index is 5.63. The molecule has 0 fully saturated rings. The van der Waals surface area contributed by atoms with Crippen LogP contribution in [0.15, 0.2) is 29.2 Å². The Kier molecular flexibility index (Phi) is 2.31. The largest absolute Gasteiger partial charge is 0.369 e. The van der Waals surface area contributed by atoms with Gasteiger partial charge in [-0.2, -0.15) is 11.3 Å². The molecule has 13 heavy (non-hydrogen) atoms. The van der Waals surface area contributed by atoms with Gasteiger partial charge >= 0.3 is 0 Å². The van der Waals surface area contributed by atoms with E-state index in [1.54, 1.807) is 17.5 Å². The average molecular weight is 193 g/mol. The van der Waals surface area contributed by atoms with E-state index in [0.29, 0.717) is 5.95 Å². The lowest BCUT2D eigenvalue weighted by atomic mass is 10.2. The number of anilines is 1. The van der Waals surface area contributed by atoms with Crippen molar-refractivity contribution in [1.29, 1.82) is 0 Å². The fraction of sp³-hybridized carbons (Fsp3) is 0.222. The van der Waals surface area contributed by atoms with Crippen molar-refractivity contribution in [3.8, 4) is 0 Å². The first-order chi connectivity index (χ1) is 6.36. The van der Waals surface area contributed by atoms with E-state index in [-0.39, 0.29) is 0 Å². The highest BCUT2D eigenvalue weighted by atomic mass is 32.1. The molecule has 2 heterocycles. The highest BCUT2D eigenvalue weighted by Crippen LogP contribution is 2.08. The molecule has 0 aliphatic rings. The lowest BCUT2D eigenvalue weighted by Crippen LogP contribution is -2.04. The summed E-state index contributed by atoms with van der Waals surface area (Å²) >= 11 is 1.72. The maximum Gasteiger partial charge on any atom is 0.200 e. The van der Waals surface area contributed by atoms with E-state index in [1.807, 2.05) is 10.8 Å². The third kappa shape index (κ3) is 1.89. The van der Waals surface area contributed by atoms with Gasteiger partial charge in [-0.1, -0.05) is 0 Å². The molecule has 0 spiro atoms. The molecule has 2 aromatic rings. The number of nitrogens with zero attached hydrogens (tertiary/aromatic N) is 2. The van der Waals surface area contributed by atoms with Gasteiger partial charge in [0.1, 0.15) is 0 Å². The van der Waals surface area contributed by atoms with Crippen LogP contribution in [-0.4, -0.2) is 9.55 Å². The van der Waals surface area contributed by atoms with Gasteiger partial charge in [0.2, 0.25) is 0 Å². The van der Waals surface area contributed by atoms with Crippen molar-refractivity contribution < 1.29 is 0 Å². The number of hydrogen-bond donors (Lipinski definition) is 1. The maximum atomic E-state index is 5.63. The number of imidazole rings is 1. The van der Waals surface area contributed by atoms with Crippen molar-refractivity contribution in [3.63, 3.8) is 0 Å². The quantitative estimate of drug-likeness (QED) is 0.807. The van der Waals surface area contributed by atoms with Gasteiger partial charge < -0.3 is 10.3 Å². The SMILES string of the molecule is Nc1nccn1CCc1ccsc1. The van der Waals surface area contributed by atoms with Gasteiger partial charge in [0.05, 0.1) is 0 Å². The summed E-state index contributed by atoms with van der Waals surface area (Å²) in [6, 6.07) is 2.14. The van der Waals surface area contributed by atoms with Crippen LogP contribution < -0.4 is 5.73 Å². The van der Waals surface area contributed by atoms with Gasteiger partial charge in [-0.15, -0.1) is 0 Å². The molecule has 0 saturated heterocycles. The first kappa shape index (κ1) is 8.31. The zero-order valence-corrected chi connectivity index (χ0v) is 8.00. The van der Waals surface area contributed by atoms with E-state index >= 15 is 0 Å². The fourth-order valence-corrected chi connectivity index (χ4v) is 1.92. The summed E-state index contributed by atoms with van der Waals surface area (Å²) in [5.41, 5.74) is 6.99. The Morgan fingerprint density at radius 3 is 3.08 bits per heavy atom. The van der Waals surface area contributed by atoms with Crippen molar-refractivity contribution >= 4 is 17.3 Å². The minimum absolute atomic E-state index is 0.593. The Hall–Kier alpha value is -1.29. The third-order valence-electron chi connectivity index (χ3n) is 1.97. The molecule has 68 valence electrons. The predicted octanol–water partition coefficient (Wildman–Crippen LogP) is 1.77. The highest BCUT2D eigenvalue weighted by Gasteiger charge is 1.98. The first-order valence-electron chi connectivity index (χ1n) is 4.14. The number of aryl methyl sites for hydroxylation is 2. The Labute approximate surface area is 80.8 Å². The van der Waals surface area contributed by atoms with Crippen LogP contribution in [0.25, 0.3) is 0 Å². The van der Waals surface area contributed by atoms with E-state index in [0.717, 1.165) is 13.0 Å². The molecular weight excluding hydrogens is 182 g/mol. The zero-order valence-electron chi connectivity index (χ0n) is 7.18. The van der Waals surface area contributed by atoms with Gasteiger partial charge in [0.25, 0.3) is 0 Å². The Balaban J connectivity index is 1.97. The normalized spacial score (nSPS) is 10.5. The highest BCUT2D eigenvalue weighted by molar-refractivity contribution is 7.07. The molecular formula is C9H11N3S. The van der Waals surface area contributed by atoms with E-state index in [4.69, 9.17) is 5.73 Å². The van der Waals surface area contributed by atoms with Crippen molar-refractivity contribution in [1.82, 2.24) is 9.55 Å². The summed E-state index contributed by atoms with van der Waals surface area (Å²) in [5.74, 6) is 0.593. The molecule has 0 amide bonds. The monoisotopic (exact) mass is 193 g/mol. The number of thiophene rings is 1. The second kappa shape index (κ2) is 3.62. The molecule has 2 N–H and O–H groups in total. The first-order valence-corrected chi connectivity index (χ1v) is 5.08. The van der Waals surface area contributed by atoms with Crippen molar-refractivity contribution in [3.05, 3.63) is 34.8 Å². The number of hydrogen-bond acceptors (Lipinski definition) is 3. The summed E-state index contributed by atoms with van der Waals surface area (Å²) in [6.45, 7) is 0.905. The standard InChI is InChI=1S/C9H11N3S/c10-9-11-3-5-12(9)4-1-8-2-6-13-7-8/h2-3,5-7H,1,4H2,(H2,10,11). The summed E-state index contributed by atoms with van der Waals surface area (Å²) in [4.78, 5) is 3.96. The fourth-order valence-electron chi connectivity index (χ4n) is 1.21. The smallest absolute Gasteiger partial charge is 0.200 e. The lowest BCUT2D eigenvalue weighted by Gasteiger charge is -2.02. The molecule has 0 aromatic carbocycles. The van der Waals surface area contributed by atoms with Crippen molar-refractivity contribution in [2.24, 2.45) is 0 Å². The molecule has 4 heteroatoms. The van der Waals surface area contributed by atoms with Crippen LogP contribution in [-0.2, 0) is 13.0 Å². The number of aromatic nitrogens is 2. The van der Waals surface area contributed by atoms with E-state index in [1.165, 1.54) is 5.56 Å². The van der Waals surface area contributed by atoms with Crippen LogP contribution in [0, 0.1) is 0 Å². The van der Waals surface area contributed by atoms with Crippen molar-refractivity contribution in [2.45, 2.75) is 13.0 Å². The van der Waals surface area contributed by atoms with E-state index in [9.17, 15) is 0 Å². The van der Waals surface area contributed by atoms with Crippen LogP contribution in [0.3, 0.4) is 0 Å². The number of nitrogens with two attached hydrogens (primary N) is 1. The molecule has 0 aliphatic heterocycles. The molecule has 2 rings (SSSR count). The summed E-state index contributed by atoms with van der Waals surface area (Å²) in [5, 5.41) is 4.25. The molecule has 0 bridgehead atoms. The molecule has 0 aliphatic carbocycles. The predicted molar refractivity (Wildman–Crippen MR) is 54.7 cm³/mol. The van der Waals surface area contributed by atoms with Gasteiger partial charge in [-0.05, 0) is 28.8 Å². The Bertz CT molecular complexity index is 364. The number of rotatable bonds is 3. The summed E-state index contributed by atoms with van der Waals surface area (Å²) in [7, 11) is 0. The summed E-state index contributed by atoms with van der Waals surface area (Å²) < 4.78 is 1.96. The molecule has 0 unspecified atom stereocenters. The Morgan fingerprint density at radius 1 is 1.54 bits per heavy atom. The number of nitrogen functional groups attached to an aromatic ring is 1. The average Bonchev–Trinajstić information content (AvgIpc) is 2.72. The second-order valence-corrected chi connectivity index (χ2v) is 3.64. The van der Waals surface area contributed by atoms with Gasteiger partial charge in [0.15, 0.2) is 5.95 Å². The van der Waals surface area contributed by atoms with Crippen LogP contribution in [0.2, 0.25) is 0 Å². The van der Waals surface area contributed by atoms with E-state index < -0.39 is 0 Å². The van der Waals surface area contributed by atoms with Crippen LogP contribution in [0.4, 0.5) is 5.95 Å². The van der Waals surface area contributed by atoms with Gasteiger partial charge in [-0.3, -0.25) is 0 Å². The molecule has 2 aromatic heterocycles. The van der Waals surface area contributed by atoms with Crippen LogP contribution in [0.5, 0.6) is 0 Å². The van der Waals surface area contributed by atoms with Gasteiger partial charge in [0, 0.05) is 18.9 Å². The lowest BCUT2D eigenvalue weighted by molar-refractivity contribution is 0.707.